The zero-order valence-corrected chi connectivity index (χ0v) is 14.1. The van der Waals surface area contributed by atoms with E-state index in [1.165, 1.54) is 12.1 Å². The summed E-state index contributed by atoms with van der Waals surface area (Å²) in [4.78, 5) is 23.7. The molecule has 5 heteroatoms. The molecule has 0 atom stereocenters. The molecule has 2 heterocycles. The van der Waals surface area contributed by atoms with Crippen molar-refractivity contribution in [1.82, 2.24) is 9.97 Å². The van der Waals surface area contributed by atoms with Crippen LogP contribution in [0.2, 0.25) is 0 Å². The van der Waals surface area contributed by atoms with Crippen LogP contribution in [0.4, 0.5) is 10.2 Å². The molecule has 0 aliphatic carbocycles. The molecule has 1 fully saturated rings. The standard InChI is InChI=1S/C19H22FN3O/c1-13(2)19-21-10-7-17(22-19)23-11-8-15(9-12-23)18(24)14-3-5-16(20)6-4-14/h3-7,10,13,15H,8-9,11-12H2,1-2H3. The van der Waals surface area contributed by atoms with Crippen LogP contribution < -0.4 is 4.90 Å². The molecule has 0 N–H and O–H groups in total. The number of carbonyl (C=O) groups is 1. The minimum absolute atomic E-state index is 0.00174. The van der Waals surface area contributed by atoms with Crippen LogP contribution in [0.25, 0.3) is 0 Å². The number of ketones is 1. The summed E-state index contributed by atoms with van der Waals surface area (Å²) < 4.78 is 13.0. The molecule has 0 unspecified atom stereocenters. The van der Waals surface area contributed by atoms with E-state index in [1.807, 2.05) is 6.07 Å². The van der Waals surface area contributed by atoms with Gasteiger partial charge in [0.05, 0.1) is 0 Å². The Morgan fingerprint density at radius 1 is 1.17 bits per heavy atom. The van der Waals surface area contributed by atoms with Crippen molar-refractivity contribution in [2.24, 2.45) is 5.92 Å². The number of piperidine rings is 1. The number of anilines is 1. The number of rotatable bonds is 4. The maximum Gasteiger partial charge on any atom is 0.166 e. The Labute approximate surface area is 141 Å². The summed E-state index contributed by atoms with van der Waals surface area (Å²) in [5.41, 5.74) is 0.596. The van der Waals surface area contributed by atoms with Crippen molar-refractivity contribution in [1.29, 1.82) is 0 Å². The van der Waals surface area contributed by atoms with E-state index >= 15 is 0 Å². The topological polar surface area (TPSA) is 46.1 Å². The molecule has 4 nitrogen and oxygen atoms in total. The minimum Gasteiger partial charge on any atom is -0.356 e. The summed E-state index contributed by atoms with van der Waals surface area (Å²) >= 11 is 0. The van der Waals surface area contributed by atoms with Crippen LogP contribution in [-0.2, 0) is 0 Å². The summed E-state index contributed by atoms with van der Waals surface area (Å²) in [5, 5.41) is 0. The van der Waals surface area contributed by atoms with Gasteiger partial charge in [0.25, 0.3) is 0 Å². The highest BCUT2D eigenvalue weighted by Gasteiger charge is 2.26. The SMILES string of the molecule is CC(C)c1nccc(N2CCC(C(=O)c3ccc(F)cc3)CC2)n1. The normalized spacial score (nSPS) is 15.8. The van der Waals surface area contributed by atoms with Crippen LogP contribution in [0, 0.1) is 11.7 Å². The van der Waals surface area contributed by atoms with Crippen molar-refractivity contribution >= 4 is 11.6 Å². The zero-order valence-electron chi connectivity index (χ0n) is 14.1. The predicted octanol–water partition coefficient (Wildman–Crippen LogP) is 3.84. The molecule has 0 spiro atoms. The molecule has 0 bridgehead atoms. The number of carbonyl (C=O) groups excluding carboxylic acids is 1. The Morgan fingerprint density at radius 2 is 1.83 bits per heavy atom. The monoisotopic (exact) mass is 327 g/mol. The first kappa shape index (κ1) is 16.6. The van der Waals surface area contributed by atoms with Gasteiger partial charge in [-0.05, 0) is 43.2 Å². The summed E-state index contributed by atoms with van der Waals surface area (Å²) in [6, 6.07) is 7.76. The van der Waals surface area contributed by atoms with E-state index in [0.717, 1.165) is 37.6 Å². The number of Topliss-reactive ketones (excluding diaryl/α,β-unsaturated/α-hetero) is 1. The zero-order chi connectivity index (χ0) is 17.1. The largest absolute Gasteiger partial charge is 0.356 e. The quantitative estimate of drug-likeness (QED) is 0.801. The summed E-state index contributed by atoms with van der Waals surface area (Å²) in [6.07, 6.45) is 3.38. The second-order valence-corrected chi connectivity index (χ2v) is 6.56. The second kappa shape index (κ2) is 7.07. The highest BCUT2D eigenvalue weighted by Crippen LogP contribution is 2.25. The number of aromatic nitrogens is 2. The average molecular weight is 327 g/mol. The number of benzene rings is 1. The molecule has 1 aromatic carbocycles. The van der Waals surface area contributed by atoms with E-state index in [-0.39, 0.29) is 17.5 Å². The molecular formula is C19H22FN3O. The van der Waals surface area contributed by atoms with Crippen molar-refractivity contribution in [3.8, 4) is 0 Å². The molecule has 3 rings (SSSR count). The molecule has 1 aliphatic rings. The van der Waals surface area contributed by atoms with Crippen LogP contribution in [0.5, 0.6) is 0 Å². The fourth-order valence-electron chi connectivity index (χ4n) is 3.04. The van der Waals surface area contributed by atoms with Crippen molar-refractivity contribution in [2.45, 2.75) is 32.6 Å². The first-order chi connectivity index (χ1) is 11.5. The van der Waals surface area contributed by atoms with Crippen LogP contribution >= 0.6 is 0 Å². The van der Waals surface area contributed by atoms with Crippen molar-refractivity contribution in [3.63, 3.8) is 0 Å². The van der Waals surface area contributed by atoms with Crippen LogP contribution in [0.15, 0.2) is 36.5 Å². The molecule has 0 saturated carbocycles. The highest BCUT2D eigenvalue weighted by molar-refractivity contribution is 5.97. The molecule has 0 radical (unpaired) electrons. The third kappa shape index (κ3) is 3.61. The fourth-order valence-corrected chi connectivity index (χ4v) is 3.04. The lowest BCUT2D eigenvalue weighted by Crippen LogP contribution is -2.37. The molecule has 24 heavy (non-hydrogen) atoms. The van der Waals surface area contributed by atoms with E-state index in [9.17, 15) is 9.18 Å². The van der Waals surface area contributed by atoms with Gasteiger partial charge >= 0.3 is 0 Å². The lowest BCUT2D eigenvalue weighted by Gasteiger charge is -2.32. The first-order valence-electron chi connectivity index (χ1n) is 8.42. The average Bonchev–Trinajstić information content (AvgIpc) is 2.62. The fraction of sp³-hybridized carbons (Fsp3) is 0.421. The molecule has 1 aliphatic heterocycles. The second-order valence-electron chi connectivity index (χ2n) is 6.56. The lowest BCUT2D eigenvalue weighted by molar-refractivity contribution is 0.0900. The van der Waals surface area contributed by atoms with Gasteiger partial charge in [-0.1, -0.05) is 13.8 Å². The number of nitrogens with zero attached hydrogens (tertiary/aromatic N) is 3. The Balaban J connectivity index is 1.64. The van der Waals surface area contributed by atoms with E-state index in [0.29, 0.717) is 11.5 Å². The van der Waals surface area contributed by atoms with Gasteiger partial charge in [0.2, 0.25) is 0 Å². The Morgan fingerprint density at radius 3 is 2.46 bits per heavy atom. The maximum atomic E-state index is 13.0. The summed E-state index contributed by atoms with van der Waals surface area (Å²) in [7, 11) is 0. The van der Waals surface area contributed by atoms with E-state index in [4.69, 9.17) is 0 Å². The van der Waals surface area contributed by atoms with E-state index < -0.39 is 0 Å². The molecule has 1 saturated heterocycles. The Hall–Kier alpha value is -2.30. The van der Waals surface area contributed by atoms with Crippen molar-refractivity contribution in [3.05, 3.63) is 53.7 Å². The van der Waals surface area contributed by atoms with Crippen LogP contribution in [0.1, 0.15) is 48.8 Å². The van der Waals surface area contributed by atoms with Gasteiger partial charge in [-0.3, -0.25) is 4.79 Å². The number of halogens is 1. The lowest BCUT2D eigenvalue weighted by atomic mass is 9.89. The molecule has 0 amide bonds. The Bertz CT molecular complexity index is 707. The van der Waals surface area contributed by atoms with Crippen molar-refractivity contribution in [2.75, 3.05) is 18.0 Å². The summed E-state index contributed by atoms with van der Waals surface area (Å²) in [6.45, 7) is 5.75. The van der Waals surface area contributed by atoms with Gasteiger partial charge in [0, 0.05) is 36.7 Å². The van der Waals surface area contributed by atoms with E-state index in [1.54, 1.807) is 18.3 Å². The van der Waals surface area contributed by atoms with Gasteiger partial charge in [0.15, 0.2) is 5.78 Å². The summed E-state index contributed by atoms with van der Waals surface area (Å²) in [5.74, 6) is 1.87. The molecular weight excluding hydrogens is 305 g/mol. The van der Waals surface area contributed by atoms with E-state index in [2.05, 4.69) is 28.7 Å². The molecule has 126 valence electrons. The number of hydrogen-bond donors (Lipinski definition) is 0. The third-order valence-corrected chi connectivity index (χ3v) is 4.49. The van der Waals surface area contributed by atoms with Crippen LogP contribution in [0.3, 0.4) is 0 Å². The minimum atomic E-state index is -0.314. The molecule has 2 aromatic rings. The van der Waals surface area contributed by atoms with Crippen LogP contribution in [-0.4, -0.2) is 28.8 Å². The first-order valence-corrected chi connectivity index (χ1v) is 8.42. The van der Waals surface area contributed by atoms with Crippen molar-refractivity contribution < 1.29 is 9.18 Å². The Kier molecular flexibility index (Phi) is 4.88. The maximum absolute atomic E-state index is 13.0. The van der Waals surface area contributed by atoms with Gasteiger partial charge in [0.1, 0.15) is 17.5 Å². The van der Waals surface area contributed by atoms with Gasteiger partial charge < -0.3 is 4.90 Å². The number of hydrogen-bond acceptors (Lipinski definition) is 4. The highest BCUT2D eigenvalue weighted by atomic mass is 19.1. The van der Waals surface area contributed by atoms with Gasteiger partial charge in [-0.2, -0.15) is 0 Å². The third-order valence-electron chi connectivity index (χ3n) is 4.49. The predicted molar refractivity (Wildman–Crippen MR) is 91.8 cm³/mol. The van der Waals surface area contributed by atoms with Gasteiger partial charge in [-0.25, -0.2) is 14.4 Å². The molecule has 1 aromatic heterocycles. The smallest absolute Gasteiger partial charge is 0.166 e. The van der Waals surface area contributed by atoms with Gasteiger partial charge in [-0.15, -0.1) is 0 Å².